The van der Waals surface area contributed by atoms with Crippen LogP contribution in [0.5, 0.6) is 0 Å². The number of nitrogens with zero attached hydrogens (tertiary/aromatic N) is 3. The van der Waals surface area contributed by atoms with E-state index >= 15 is 4.39 Å². The van der Waals surface area contributed by atoms with Crippen molar-refractivity contribution in [2.75, 3.05) is 28.9 Å². The number of anilines is 2. The molecule has 4 N–H and O–H groups in total. The molecule has 0 aliphatic rings. The average Bonchev–Trinajstić information content (AvgIpc) is 3.28. The van der Waals surface area contributed by atoms with Crippen LogP contribution < -0.4 is 10.0 Å². The van der Waals surface area contributed by atoms with Crippen LogP contribution in [0.15, 0.2) is 43.0 Å². The fourth-order valence-electron chi connectivity index (χ4n) is 3.53. The molecule has 1 aromatic carbocycles. The number of halogens is 2. The fourth-order valence-corrected chi connectivity index (χ4v) is 4.66. The molecule has 36 heavy (non-hydrogen) atoms. The Kier molecular flexibility index (Phi) is 7.22. The Balaban J connectivity index is 1.70. The number of hydrogen-bond acceptors (Lipinski definition) is 8. The van der Waals surface area contributed by atoms with Crippen molar-refractivity contribution >= 4 is 38.5 Å². The van der Waals surface area contributed by atoms with E-state index in [1.54, 1.807) is 19.2 Å². The largest absolute Gasteiger partial charge is 0.395 e. The number of benzene rings is 1. The van der Waals surface area contributed by atoms with Crippen molar-refractivity contribution in [3.8, 4) is 11.1 Å². The molecule has 0 aliphatic heterocycles. The van der Waals surface area contributed by atoms with Crippen LogP contribution in [-0.4, -0.2) is 58.1 Å². The molecule has 3 aromatic heterocycles. The van der Waals surface area contributed by atoms with Gasteiger partial charge in [0.15, 0.2) is 11.6 Å². The van der Waals surface area contributed by atoms with Gasteiger partial charge in [0.05, 0.1) is 17.9 Å². The van der Waals surface area contributed by atoms with Crippen molar-refractivity contribution in [1.82, 2.24) is 19.9 Å². The number of ketones is 1. The highest BCUT2D eigenvalue weighted by molar-refractivity contribution is 7.92. The van der Waals surface area contributed by atoms with E-state index in [2.05, 4.69) is 25.3 Å². The first-order valence-electron chi connectivity index (χ1n) is 10.9. The summed E-state index contributed by atoms with van der Waals surface area (Å²) in [6.45, 7) is 1.83. The minimum atomic E-state index is -3.99. The number of aromatic nitrogens is 4. The first-order valence-corrected chi connectivity index (χ1v) is 12.6. The zero-order chi connectivity index (χ0) is 25.9. The molecule has 0 saturated heterocycles. The van der Waals surface area contributed by atoms with Gasteiger partial charge < -0.3 is 15.4 Å². The van der Waals surface area contributed by atoms with Crippen LogP contribution in [0.2, 0.25) is 0 Å². The molecule has 13 heteroatoms. The van der Waals surface area contributed by atoms with E-state index in [-0.39, 0.29) is 24.3 Å². The second-order valence-corrected chi connectivity index (χ2v) is 9.64. The molecule has 4 aromatic rings. The van der Waals surface area contributed by atoms with Gasteiger partial charge in [-0.05, 0) is 24.6 Å². The van der Waals surface area contributed by atoms with Crippen molar-refractivity contribution < 1.29 is 27.1 Å². The van der Waals surface area contributed by atoms with Gasteiger partial charge in [0.25, 0.3) is 0 Å². The molecule has 0 spiro atoms. The standard InChI is InChI=1S/C23H22F2N6O4S/c1-2-7-36(34,35)31-20-18(24)4-3-15(19(20)25)21(33)17-12-28-22-16(17)8-13(9-27-22)14-10-29-23(30-11-14)26-5-6-32/h3-4,8-12,31-32H,2,5-7H2,1H3,(H,27,28)(H,26,29,30). The number of carbonyl (C=O) groups excluding carboxylic acids is 1. The van der Waals surface area contributed by atoms with Gasteiger partial charge in [-0.15, -0.1) is 0 Å². The number of carbonyl (C=O) groups is 1. The third-order valence-corrected chi connectivity index (χ3v) is 6.68. The van der Waals surface area contributed by atoms with Gasteiger partial charge in [-0.1, -0.05) is 6.92 Å². The van der Waals surface area contributed by atoms with Gasteiger partial charge in [-0.25, -0.2) is 32.2 Å². The first kappa shape index (κ1) is 25.1. The molecule has 0 bridgehead atoms. The highest BCUT2D eigenvalue weighted by Gasteiger charge is 2.25. The highest BCUT2D eigenvalue weighted by Crippen LogP contribution is 2.29. The number of aliphatic hydroxyl groups excluding tert-OH is 1. The lowest BCUT2D eigenvalue weighted by molar-refractivity contribution is 0.103. The Morgan fingerprint density at radius 1 is 1.08 bits per heavy atom. The lowest BCUT2D eigenvalue weighted by Crippen LogP contribution is -2.19. The van der Waals surface area contributed by atoms with Gasteiger partial charge in [0.1, 0.15) is 17.2 Å². The molecule has 0 amide bonds. The van der Waals surface area contributed by atoms with Crippen molar-refractivity contribution in [3.05, 3.63) is 65.7 Å². The summed E-state index contributed by atoms with van der Waals surface area (Å²) in [6, 6.07) is 3.45. The molecule has 0 saturated carbocycles. The topological polar surface area (TPSA) is 150 Å². The number of H-pyrrole nitrogens is 1. The van der Waals surface area contributed by atoms with E-state index < -0.39 is 38.7 Å². The Morgan fingerprint density at radius 3 is 2.50 bits per heavy atom. The van der Waals surface area contributed by atoms with E-state index in [1.165, 1.54) is 18.6 Å². The Labute approximate surface area is 204 Å². The molecule has 4 rings (SSSR count). The molecule has 0 atom stereocenters. The van der Waals surface area contributed by atoms with Gasteiger partial charge in [-0.3, -0.25) is 9.52 Å². The van der Waals surface area contributed by atoms with Gasteiger partial charge in [0.2, 0.25) is 16.0 Å². The minimum absolute atomic E-state index is 0.0642. The second kappa shape index (κ2) is 10.3. The number of nitrogens with one attached hydrogen (secondary N) is 3. The lowest BCUT2D eigenvalue weighted by atomic mass is 10.0. The predicted molar refractivity (Wildman–Crippen MR) is 130 cm³/mol. The molecular formula is C23H22F2N6O4S. The molecule has 188 valence electrons. The predicted octanol–water partition coefficient (Wildman–Crippen LogP) is 3.09. The van der Waals surface area contributed by atoms with Gasteiger partial charge in [0, 0.05) is 53.4 Å². The Bertz CT molecular complexity index is 1520. The normalized spacial score (nSPS) is 11.6. The number of hydrogen-bond donors (Lipinski definition) is 4. The zero-order valence-corrected chi connectivity index (χ0v) is 19.9. The number of aromatic amines is 1. The number of sulfonamides is 1. The summed E-state index contributed by atoms with van der Waals surface area (Å²) in [5, 5.41) is 12.1. The monoisotopic (exact) mass is 516 g/mol. The van der Waals surface area contributed by atoms with Crippen LogP contribution in [0.25, 0.3) is 22.2 Å². The quantitative estimate of drug-likeness (QED) is 0.235. The molecular weight excluding hydrogens is 494 g/mol. The maximum Gasteiger partial charge on any atom is 0.232 e. The van der Waals surface area contributed by atoms with Crippen molar-refractivity contribution in [3.63, 3.8) is 0 Å². The summed E-state index contributed by atoms with van der Waals surface area (Å²) in [4.78, 5) is 28.7. The van der Waals surface area contributed by atoms with E-state index in [9.17, 15) is 17.6 Å². The van der Waals surface area contributed by atoms with Crippen LogP contribution in [0.1, 0.15) is 29.3 Å². The molecule has 0 aliphatic carbocycles. The van der Waals surface area contributed by atoms with Crippen LogP contribution in [-0.2, 0) is 10.0 Å². The Hall–Kier alpha value is -3.97. The van der Waals surface area contributed by atoms with Gasteiger partial charge >= 0.3 is 0 Å². The number of fused-ring (bicyclic) bond motifs is 1. The highest BCUT2D eigenvalue weighted by atomic mass is 32.2. The summed E-state index contributed by atoms with van der Waals surface area (Å²) in [5.74, 6) is -3.23. The van der Waals surface area contributed by atoms with Crippen LogP contribution in [0, 0.1) is 11.6 Å². The smallest absolute Gasteiger partial charge is 0.232 e. The summed E-state index contributed by atoms with van der Waals surface area (Å²) < 4.78 is 55.5. The molecule has 0 radical (unpaired) electrons. The number of rotatable bonds is 10. The third-order valence-electron chi connectivity index (χ3n) is 5.22. The maximum absolute atomic E-state index is 15.2. The minimum Gasteiger partial charge on any atom is -0.395 e. The number of aliphatic hydroxyl groups is 1. The van der Waals surface area contributed by atoms with E-state index in [0.717, 1.165) is 12.1 Å². The van der Waals surface area contributed by atoms with Crippen molar-refractivity contribution in [2.24, 2.45) is 0 Å². The molecule has 10 nitrogen and oxygen atoms in total. The summed E-state index contributed by atoms with van der Waals surface area (Å²) in [7, 11) is -3.99. The Morgan fingerprint density at radius 2 is 1.81 bits per heavy atom. The fraction of sp³-hybridized carbons (Fsp3) is 0.217. The zero-order valence-electron chi connectivity index (χ0n) is 19.0. The second-order valence-electron chi connectivity index (χ2n) is 7.80. The van der Waals surface area contributed by atoms with E-state index in [4.69, 9.17) is 5.11 Å². The van der Waals surface area contributed by atoms with Crippen LogP contribution >= 0.6 is 0 Å². The van der Waals surface area contributed by atoms with Crippen LogP contribution in [0.3, 0.4) is 0 Å². The van der Waals surface area contributed by atoms with E-state index in [1.807, 2.05) is 4.72 Å². The van der Waals surface area contributed by atoms with Gasteiger partial charge in [-0.2, -0.15) is 0 Å². The van der Waals surface area contributed by atoms with Crippen molar-refractivity contribution in [1.29, 1.82) is 0 Å². The summed E-state index contributed by atoms with van der Waals surface area (Å²) in [5.41, 5.74) is 0.196. The van der Waals surface area contributed by atoms with E-state index in [0.29, 0.717) is 34.7 Å². The third kappa shape index (κ3) is 5.16. The van der Waals surface area contributed by atoms with Crippen LogP contribution in [0.4, 0.5) is 20.4 Å². The number of pyridine rings is 1. The van der Waals surface area contributed by atoms with Crippen molar-refractivity contribution in [2.45, 2.75) is 13.3 Å². The summed E-state index contributed by atoms with van der Waals surface area (Å²) in [6.07, 6.45) is 6.22. The maximum atomic E-state index is 15.2. The average molecular weight is 517 g/mol. The molecule has 0 unspecified atom stereocenters. The first-order chi connectivity index (χ1) is 17.2. The lowest BCUT2D eigenvalue weighted by Gasteiger charge is -2.11. The molecule has 0 fully saturated rings. The SMILES string of the molecule is CCCS(=O)(=O)Nc1c(F)ccc(C(=O)c2c[nH]c3ncc(-c4cnc(NCCO)nc4)cc23)c1F. The molecule has 3 heterocycles. The summed E-state index contributed by atoms with van der Waals surface area (Å²) >= 11 is 0.